The highest BCUT2D eigenvalue weighted by molar-refractivity contribution is 6.01. The molecule has 112 valence electrons. The number of nitrogens with zero attached hydrogens (tertiary/aromatic N) is 1. The van der Waals surface area contributed by atoms with Gasteiger partial charge >= 0.3 is 0 Å². The first-order valence-corrected chi connectivity index (χ1v) is 6.00. The Hall–Kier alpha value is -1.86. The van der Waals surface area contributed by atoms with Gasteiger partial charge in [-0.05, 0) is 37.9 Å². The summed E-state index contributed by atoms with van der Waals surface area (Å²) in [6, 6.07) is 2.89. The second kappa shape index (κ2) is 8.34. The molecule has 0 unspecified atom stereocenters. The van der Waals surface area contributed by atoms with E-state index in [-0.39, 0.29) is 29.3 Å². The average molecular weight is 303 g/mol. The number of nitrogen functional groups attached to an aromatic ring is 1. The molecule has 0 aromatic heterocycles. The molecule has 0 fully saturated rings. The van der Waals surface area contributed by atoms with Crippen molar-refractivity contribution in [1.82, 2.24) is 5.32 Å². The number of nitro groups is 1. The molecule has 1 rings (SSSR count). The number of nitrogens with two attached hydrogens (primary N) is 2. The number of hydrogen-bond acceptors (Lipinski definition) is 5. The average Bonchev–Trinajstić information content (AvgIpc) is 2.36. The number of halogens is 1. The largest absolute Gasteiger partial charge is 0.393 e. The lowest BCUT2D eigenvalue weighted by molar-refractivity contribution is -0.384. The molecule has 0 bridgehead atoms. The Morgan fingerprint density at radius 3 is 2.60 bits per heavy atom. The van der Waals surface area contributed by atoms with Crippen molar-refractivity contribution in [2.45, 2.75) is 19.8 Å². The minimum Gasteiger partial charge on any atom is -0.393 e. The molecule has 0 heterocycles. The minimum absolute atomic E-state index is 0. The smallest absolute Gasteiger partial charge is 0.293 e. The van der Waals surface area contributed by atoms with Crippen LogP contribution in [0.25, 0.3) is 0 Å². The van der Waals surface area contributed by atoms with Crippen molar-refractivity contribution in [3.63, 3.8) is 0 Å². The molecule has 7 nitrogen and oxygen atoms in total. The van der Waals surface area contributed by atoms with Crippen molar-refractivity contribution in [2.24, 2.45) is 5.73 Å². The summed E-state index contributed by atoms with van der Waals surface area (Å²) < 4.78 is 0. The van der Waals surface area contributed by atoms with E-state index in [0.717, 1.165) is 12.8 Å². The van der Waals surface area contributed by atoms with E-state index >= 15 is 0 Å². The van der Waals surface area contributed by atoms with Crippen LogP contribution in [0.3, 0.4) is 0 Å². The van der Waals surface area contributed by atoms with Crippen molar-refractivity contribution in [3.05, 3.63) is 33.4 Å². The van der Waals surface area contributed by atoms with Gasteiger partial charge in [0.05, 0.1) is 10.5 Å². The number of hydrogen-bond donors (Lipinski definition) is 3. The Labute approximate surface area is 123 Å². The van der Waals surface area contributed by atoms with Crippen LogP contribution in [0.1, 0.15) is 28.8 Å². The van der Waals surface area contributed by atoms with Gasteiger partial charge in [0.25, 0.3) is 11.6 Å². The Morgan fingerprint density at radius 2 is 2.05 bits per heavy atom. The lowest BCUT2D eigenvalue weighted by Crippen LogP contribution is -2.26. The summed E-state index contributed by atoms with van der Waals surface area (Å²) in [5.41, 5.74) is 11.4. The van der Waals surface area contributed by atoms with E-state index in [4.69, 9.17) is 11.5 Å². The monoisotopic (exact) mass is 302 g/mol. The molecular weight excluding hydrogens is 284 g/mol. The maximum absolute atomic E-state index is 11.9. The highest BCUT2D eigenvalue weighted by Crippen LogP contribution is 2.26. The van der Waals surface area contributed by atoms with Crippen LogP contribution in [-0.2, 0) is 0 Å². The molecule has 0 aliphatic rings. The number of amides is 1. The van der Waals surface area contributed by atoms with Crippen LogP contribution in [-0.4, -0.2) is 23.9 Å². The molecule has 8 heteroatoms. The Balaban J connectivity index is 0.00000361. The van der Waals surface area contributed by atoms with E-state index in [0.29, 0.717) is 18.7 Å². The van der Waals surface area contributed by atoms with Crippen LogP contribution < -0.4 is 16.8 Å². The topological polar surface area (TPSA) is 124 Å². The van der Waals surface area contributed by atoms with E-state index in [1.165, 1.54) is 6.07 Å². The highest BCUT2D eigenvalue weighted by atomic mass is 35.5. The van der Waals surface area contributed by atoms with Crippen molar-refractivity contribution in [1.29, 1.82) is 0 Å². The van der Waals surface area contributed by atoms with Crippen molar-refractivity contribution in [3.8, 4) is 0 Å². The zero-order valence-corrected chi connectivity index (χ0v) is 12.0. The zero-order valence-electron chi connectivity index (χ0n) is 11.2. The summed E-state index contributed by atoms with van der Waals surface area (Å²) in [7, 11) is 0. The van der Waals surface area contributed by atoms with E-state index in [9.17, 15) is 14.9 Å². The summed E-state index contributed by atoms with van der Waals surface area (Å²) in [6.45, 7) is 2.71. The molecule has 0 aliphatic heterocycles. The van der Waals surface area contributed by atoms with Gasteiger partial charge in [-0.2, -0.15) is 0 Å². The van der Waals surface area contributed by atoms with Crippen LogP contribution in [0.2, 0.25) is 0 Å². The van der Waals surface area contributed by atoms with Crippen LogP contribution in [0.5, 0.6) is 0 Å². The number of carbonyl (C=O) groups is 1. The van der Waals surface area contributed by atoms with E-state index in [2.05, 4.69) is 5.32 Å². The predicted octanol–water partition coefficient (Wildman–Crippen LogP) is 1.38. The molecule has 1 aromatic rings. The zero-order chi connectivity index (χ0) is 14.4. The normalized spacial score (nSPS) is 9.70. The van der Waals surface area contributed by atoms with Gasteiger partial charge in [-0.3, -0.25) is 14.9 Å². The van der Waals surface area contributed by atoms with Crippen molar-refractivity contribution in [2.75, 3.05) is 18.8 Å². The number of aryl methyl sites for hydroxylation is 1. The van der Waals surface area contributed by atoms with Gasteiger partial charge in [-0.25, -0.2) is 0 Å². The van der Waals surface area contributed by atoms with E-state index in [1.807, 2.05) is 0 Å². The summed E-state index contributed by atoms with van der Waals surface area (Å²) in [6.07, 6.45) is 1.57. The third-order valence-corrected chi connectivity index (χ3v) is 2.66. The maximum atomic E-state index is 11.9. The highest BCUT2D eigenvalue weighted by Gasteiger charge is 2.20. The SMILES string of the molecule is Cc1cc(C(=O)NCCCCN)c(N)c([N+](=O)[O-])c1.Cl. The number of nitrogens with one attached hydrogen (secondary N) is 1. The van der Waals surface area contributed by atoms with Crippen LogP contribution in [0.15, 0.2) is 12.1 Å². The van der Waals surface area contributed by atoms with Gasteiger partial charge in [-0.1, -0.05) is 0 Å². The fourth-order valence-electron chi connectivity index (χ4n) is 1.68. The maximum Gasteiger partial charge on any atom is 0.293 e. The summed E-state index contributed by atoms with van der Waals surface area (Å²) in [4.78, 5) is 22.1. The van der Waals surface area contributed by atoms with E-state index < -0.39 is 10.8 Å². The Bertz CT molecular complexity index is 494. The third-order valence-electron chi connectivity index (χ3n) is 2.66. The van der Waals surface area contributed by atoms with Gasteiger partial charge < -0.3 is 16.8 Å². The molecule has 0 saturated carbocycles. The lowest BCUT2D eigenvalue weighted by atomic mass is 10.1. The summed E-state index contributed by atoms with van der Waals surface area (Å²) in [5.74, 6) is -0.402. The first-order valence-electron chi connectivity index (χ1n) is 6.00. The fraction of sp³-hybridized carbons (Fsp3) is 0.417. The molecule has 5 N–H and O–H groups in total. The number of nitro benzene ring substituents is 1. The molecule has 0 saturated heterocycles. The fourth-order valence-corrected chi connectivity index (χ4v) is 1.68. The lowest BCUT2D eigenvalue weighted by Gasteiger charge is -2.08. The third kappa shape index (κ3) is 4.67. The molecule has 1 amide bonds. The number of rotatable bonds is 6. The Kier molecular flexibility index (Phi) is 7.56. The molecule has 0 atom stereocenters. The first-order chi connectivity index (χ1) is 8.97. The van der Waals surface area contributed by atoms with Gasteiger partial charge in [0.2, 0.25) is 0 Å². The summed E-state index contributed by atoms with van der Waals surface area (Å²) >= 11 is 0. The van der Waals surface area contributed by atoms with Gasteiger partial charge in [-0.15, -0.1) is 12.4 Å². The van der Waals surface area contributed by atoms with E-state index in [1.54, 1.807) is 13.0 Å². The molecular formula is C12H19ClN4O3. The second-order valence-electron chi connectivity index (χ2n) is 4.25. The first kappa shape index (κ1) is 18.1. The van der Waals surface area contributed by atoms with Crippen LogP contribution >= 0.6 is 12.4 Å². The number of anilines is 1. The standard InChI is InChI=1S/C12H18N4O3.ClH/c1-8-6-9(11(14)10(7-8)16(18)19)12(17)15-5-3-2-4-13;/h6-7H,2-5,13-14H2,1H3,(H,15,17);1H. The van der Waals surface area contributed by atoms with Gasteiger partial charge in [0.15, 0.2) is 0 Å². The molecule has 0 aliphatic carbocycles. The summed E-state index contributed by atoms with van der Waals surface area (Å²) in [5, 5.41) is 13.5. The van der Waals surface area contributed by atoms with Crippen molar-refractivity contribution < 1.29 is 9.72 Å². The number of unbranched alkanes of at least 4 members (excludes halogenated alkanes) is 1. The van der Waals surface area contributed by atoms with Gasteiger partial charge in [0, 0.05) is 12.6 Å². The number of carbonyl (C=O) groups excluding carboxylic acids is 1. The van der Waals surface area contributed by atoms with Crippen LogP contribution in [0.4, 0.5) is 11.4 Å². The van der Waals surface area contributed by atoms with Gasteiger partial charge in [0.1, 0.15) is 5.69 Å². The molecule has 0 spiro atoms. The molecule has 20 heavy (non-hydrogen) atoms. The molecule has 1 aromatic carbocycles. The van der Waals surface area contributed by atoms with Crippen molar-refractivity contribution >= 4 is 29.7 Å². The Morgan fingerprint density at radius 1 is 1.40 bits per heavy atom. The predicted molar refractivity (Wildman–Crippen MR) is 80.1 cm³/mol. The molecule has 0 radical (unpaired) electrons. The van der Waals surface area contributed by atoms with Crippen LogP contribution in [0, 0.1) is 17.0 Å². The minimum atomic E-state index is -0.590. The quantitative estimate of drug-likeness (QED) is 0.317. The number of benzene rings is 1. The second-order valence-corrected chi connectivity index (χ2v) is 4.25.